The lowest BCUT2D eigenvalue weighted by molar-refractivity contribution is 0.243. The van der Waals surface area contributed by atoms with Gasteiger partial charge in [-0.25, -0.2) is 0 Å². The van der Waals surface area contributed by atoms with E-state index >= 15 is 0 Å². The molecule has 0 saturated carbocycles. The Bertz CT molecular complexity index is 591. The van der Waals surface area contributed by atoms with Gasteiger partial charge in [-0.05, 0) is 49.6 Å². The highest BCUT2D eigenvalue weighted by Crippen LogP contribution is 2.24. The van der Waals surface area contributed by atoms with Crippen LogP contribution in [-0.4, -0.2) is 19.3 Å². The molecule has 0 aromatic heterocycles. The number of anilines is 1. The molecule has 0 fully saturated rings. The molecule has 0 aliphatic rings. The predicted octanol–water partition coefficient (Wildman–Crippen LogP) is 5.09. The van der Waals surface area contributed by atoms with Crippen molar-refractivity contribution in [2.24, 2.45) is 0 Å². The van der Waals surface area contributed by atoms with Crippen LogP contribution in [0.2, 0.25) is 0 Å². The van der Waals surface area contributed by atoms with Gasteiger partial charge in [-0.3, -0.25) is 0 Å². The van der Waals surface area contributed by atoms with Crippen LogP contribution in [-0.2, 0) is 0 Å². The van der Waals surface area contributed by atoms with Crippen LogP contribution >= 0.6 is 0 Å². The first kappa shape index (κ1) is 17.2. The maximum atomic E-state index is 5.79. The van der Waals surface area contributed by atoms with Gasteiger partial charge in [0, 0.05) is 6.54 Å². The maximum Gasteiger partial charge on any atom is 0.142 e. The number of hydrogen-bond donors (Lipinski definition) is 1. The molecule has 2 aromatic rings. The number of para-hydroxylation sites is 2. The van der Waals surface area contributed by atoms with Crippen molar-refractivity contribution in [3.05, 3.63) is 54.1 Å². The number of benzene rings is 2. The summed E-state index contributed by atoms with van der Waals surface area (Å²) in [5, 5.41) is 3.37. The molecule has 0 amide bonds. The van der Waals surface area contributed by atoms with Crippen molar-refractivity contribution >= 4 is 5.69 Å². The minimum absolute atomic E-state index is 0.161. The van der Waals surface area contributed by atoms with E-state index in [0.717, 1.165) is 23.7 Å². The van der Waals surface area contributed by atoms with E-state index in [-0.39, 0.29) is 6.10 Å². The van der Waals surface area contributed by atoms with Gasteiger partial charge in [0.1, 0.15) is 18.1 Å². The van der Waals surface area contributed by atoms with Gasteiger partial charge in [-0.15, -0.1) is 0 Å². The standard InChI is InChI=1S/C20H27NO2/c1-15(2)17-9-11-18(12-10-17)22-14-13-21-19-7-5-6-8-20(19)23-16(3)4/h5-12,15-16,21H,13-14H2,1-4H3. The van der Waals surface area contributed by atoms with Gasteiger partial charge in [-0.2, -0.15) is 0 Å². The van der Waals surface area contributed by atoms with Crippen LogP contribution in [0.3, 0.4) is 0 Å². The van der Waals surface area contributed by atoms with Crippen molar-refractivity contribution in [3.8, 4) is 11.5 Å². The molecule has 0 heterocycles. The lowest BCUT2D eigenvalue weighted by Gasteiger charge is -2.15. The van der Waals surface area contributed by atoms with Crippen molar-refractivity contribution in [1.82, 2.24) is 0 Å². The molecule has 0 aliphatic carbocycles. The fraction of sp³-hybridized carbons (Fsp3) is 0.400. The molecule has 2 rings (SSSR count). The Kier molecular flexibility index (Phi) is 6.33. The first-order valence-corrected chi connectivity index (χ1v) is 8.28. The Balaban J connectivity index is 1.81. The number of rotatable bonds is 8. The highest BCUT2D eigenvalue weighted by Gasteiger charge is 2.04. The lowest BCUT2D eigenvalue weighted by Crippen LogP contribution is -2.13. The van der Waals surface area contributed by atoms with Crippen LogP contribution in [0.1, 0.15) is 39.2 Å². The topological polar surface area (TPSA) is 30.5 Å². The van der Waals surface area contributed by atoms with Crippen LogP contribution in [0.25, 0.3) is 0 Å². The monoisotopic (exact) mass is 313 g/mol. The Morgan fingerprint density at radius 3 is 2.26 bits per heavy atom. The van der Waals surface area contributed by atoms with Gasteiger partial charge in [0.25, 0.3) is 0 Å². The van der Waals surface area contributed by atoms with Gasteiger partial charge in [0.15, 0.2) is 0 Å². The molecular weight excluding hydrogens is 286 g/mol. The van der Waals surface area contributed by atoms with Crippen LogP contribution < -0.4 is 14.8 Å². The second-order valence-electron chi connectivity index (χ2n) is 6.16. The van der Waals surface area contributed by atoms with Gasteiger partial charge in [0.05, 0.1) is 11.8 Å². The highest BCUT2D eigenvalue weighted by atomic mass is 16.5. The molecule has 23 heavy (non-hydrogen) atoms. The van der Waals surface area contributed by atoms with E-state index in [1.807, 2.05) is 50.2 Å². The molecule has 124 valence electrons. The van der Waals surface area contributed by atoms with Crippen LogP contribution in [0.5, 0.6) is 11.5 Å². The van der Waals surface area contributed by atoms with E-state index in [9.17, 15) is 0 Å². The van der Waals surface area contributed by atoms with Crippen LogP contribution in [0.4, 0.5) is 5.69 Å². The van der Waals surface area contributed by atoms with Crippen LogP contribution in [0, 0.1) is 0 Å². The van der Waals surface area contributed by atoms with Crippen molar-refractivity contribution in [2.75, 3.05) is 18.5 Å². The normalized spacial score (nSPS) is 10.9. The summed E-state index contributed by atoms with van der Waals surface area (Å²) < 4.78 is 11.6. The maximum absolute atomic E-state index is 5.79. The third-order valence-corrected chi connectivity index (χ3v) is 3.48. The molecule has 3 nitrogen and oxygen atoms in total. The first-order valence-electron chi connectivity index (χ1n) is 8.28. The molecule has 0 unspecified atom stereocenters. The smallest absolute Gasteiger partial charge is 0.142 e. The largest absolute Gasteiger partial charge is 0.492 e. The average Bonchev–Trinajstić information content (AvgIpc) is 2.53. The molecular formula is C20H27NO2. The molecule has 2 aromatic carbocycles. The zero-order valence-corrected chi connectivity index (χ0v) is 14.5. The predicted molar refractivity (Wildman–Crippen MR) is 96.7 cm³/mol. The molecule has 0 atom stereocenters. The Labute approximate surface area is 139 Å². The summed E-state index contributed by atoms with van der Waals surface area (Å²) in [6.45, 7) is 9.77. The molecule has 0 radical (unpaired) electrons. The number of nitrogens with one attached hydrogen (secondary N) is 1. The van der Waals surface area contributed by atoms with Crippen LogP contribution in [0.15, 0.2) is 48.5 Å². The summed E-state index contributed by atoms with van der Waals surface area (Å²) in [5.41, 5.74) is 2.33. The summed E-state index contributed by atoms with van der Waals surface area (Å²) in [5.74, 6) is 2.33. The molecule has 0 spiro atoms. The summed E-state index contributed by atoms with van der Waals surface area (Å²) in [7, 11) is 0. The van der Waals surface area contributed by atoms with Crippen molar-refractivity contribution in [1.29, 1.82) is 0 Å². The SMILES string of the molecule is CC(C)Oc1ccccc1NCCOc1ccc(C(C)C)cc1. The average molecular weight is 313 g/mol. The first-order chi connectivity index (χ1) is 11.1. The second-order valence-corrected chi connectivity index (χ2v) is 6.16. The quantitative estimate of drug-likeness (QED) is 0.689. The molecule has 0 aliphatic heterocycles. The summed E-state index contributed by atoms with van der Waals surface area (Å²) >= 11 is 0. The highest BCUT2D eigenvalue weighted by molar-refractivity contribution is 5.56. The number of ether oxygens (including phenoxy) is 2. The fourth-order valence-corrected chi connectivity index (χ4v) is 2.27. The van der Waals surface area contributed by atoms with E-state index in [4.69, 9.17) is 9.47 Å². The Morgan fingerprint density at radius 1 is 0.913 bits per heavy atom. The third kappa shape index (κ3) is 5.51. The van der Waals surface area contributed by atoms with E-state index in [1.54, 1.807) is 0 Å². The minimum Gasteiger partial charge on any atom is -0.492 e. The summed E-state index contributed by atoms with van der Waals surface area (Å²) in [6.07, 6.45) is 0.161. The van der Waals surface area contributed by atoms with Crippen molar-refractivity contribution < 1.29 is 9.47 Å². The second kappa shape index (κ2) is 8.47. The van der Waals surface area contributed by atoms with Gasteiger partial charge < -0.3 is 14.8 Å². The molecule has 1 N–H and O–H groups in total. The molecule has 0 bridgehead atoms. The Morgan fingerprint density at radius 2 is 1.61 bits per heavy atom. The van der Waals surface area contributed by atoms with E-state index in [2.05, 4.69) is 31.3 Å². The van der Waals surface area contributed by atoms with Gasteiger partial charge >= 0.3 is 0 Å². The zero-order chi connectivity index (χ0) is 16.7. The van der Waals surface area contributed by atoms with Crippen molar-refractivity contribution in [2.45, 2.75) is 39.7 Å². The summed E-state index contributed by atoms with van der Waals surface area (Å²) in [6, 6.07) is 16.3. The van der Waals surface area contributed by atoms with E-state index in [0.29, 0.717) is 12.5 Å². The minimum atomic E-state index is 0.161. The fourth-order valence-electron chi connectivity index (χ4n) is 2.27. The van der Waals surface area contributed by atoms with Gasteiger partial charge in [-0.1, -0.05) is 38.1 Å². The van der Waals surface area contributed by atoms with E-state index < -0.39 is 0 Å². The zero-order valence-electron chi connectivity index (χ0n) is 14.5. The summed E-state index contributed by atoms with van der Waals surface area (Å²) in [4.78, 5) is 0. The third-order valence-electron chi connectivity index (χ3n) is 3.48. The molecule has 3 heteroatoms. The van der Waals surface area contributed by atoms with Gasteiger partial charge in [0.2, 0.25) is 0 Å². The van der Waals surface area contributed by atoms with E-state index in [1.165, 1.54) is 5.56 Å². The molecule has 0 saturated heterocycles. The Hall–Kier alpha value is -2.16. The van der Waals surface area contributed by atoms with Crippen molar-refractivity contribution in [3.63, 3.8) is 0 Å². The number of hydrogen-bond acceptors (Lipinski definition) is 3. The lowest BCUT2D eigenvalue weighted by atomic mass is 10.0.